The number of benzene rings is 1. The summed E-state index contributed by atoms with van der Waals surface area (Å²) in [6, 6.07) is 5.36. The van der Waals surface area contributed by atoms with Gasteiger partial charge < -0.3 is 15.4 Å². The van der Waals surface area contributed by atoms with Gasteiger partial charge in [0, 0.05) is 23.7 Å². The topological polar surface area (TPSA) is 50.4 Å². The molecule has 100 valence electrons. The molecule has 1 aromatic carbocycles. The lowest BCUT2D eigenvalue weighted by atomic mass is 10.2. The molecule has 0 spiro atoms. The molecule has 0 fully saturated rings. The Bertz CT molecular complexity index is 410. The van der Waals surface area contributed by atoms with Gasteiger partial charge in [-0.15, -0.1) is 0 Å². The average molecular weight is 271 g/mol. The van der Waals surface area contributed by atoms with Crippen LogP contribution in [0.15, 0.2) is 18.2 Å². The first kappa shape index (κ1) is 14.8. The Morgan fingerprint density at radius 1 is 1.50 bits per heavy atom. The number of carbonyl (C=O) groups is 1. The predicted octanol–water partition coefficient (Wildman–Crippen LogP) is 1.96. The predicted molar refractivity (Wildman–Crippen MR) is 73.0 cm³/mol. The Morgan fingerprint density at radius 2 is 2.22 bits per heavy atom. The van der Waals surface area contributed by atoms with Crippen molar-refractivity contribution in [3.63, 3.8) is 0 Å². The first-order valence-corrected chi connectivity index (χ1v) is 6.33. The second kappa shape index (κ2) is 7.24. The average Bonchev–Trinajstić information content (AvgIpc) is 2.33. The van der Waals surface area contributed by atoms with Crippen molar-refractivity contribution >= 4 is 17.5 Å². The highest BCUT2D eigenvalue weighted by molar-refractivity contribution is 6.30. The zero-order valence-electron chi connectivity index (χ0n) is 10.9. The van der Waals surface area contributed by atoms with E-state index < -0.39 is 6.10 Å². The molecule has 2 N–H and O–H groups in total. The van der Waals surface area contributed by atoms with Gasteiger partial charge in [0.2, 0.25) is 0 Å². The summed E-state index contributed by atoms with van der Waals surface area (Å²) in [7, 11) is 1.85. The van der Waals surface area contributed by atoms with E-state index in [2.05, 4.69) is 10.6 Å². The van der Waals surface area contributed by atoms with Crippen LogP contribution in [-0.4, -0.2) is 25.6 Å². The number of ether oxygens (including phenoxy) is 1. The van der Waals surface area contributed by atoms with Crippen molar-refractivity contribution in [2.24, 2.45) is 0 Å². The summed E-state index contributed by atoms with van der Waals surface area (Å²) < 4.78 is 5.66. The van der Waals surface area contributed by atoms with E-state index >= 15 is 0 Å². The van der Waals surface area contributed by atoms with Crippen molar-refractivity contribution in [1.29, 1.82) is 0 Å². The van der Waals surface area contributed by atoms with Crippen LogP contribution in [0.5, 0.6) is 5.75 Å². The molecule has 0 saturated heterocycles. The van der Waals surface area contributed by atoms with Crippen molar-refractivity contribution in [2.45, 2.75) is 26.5 Å². The minimum atomic E-state index is -0.526. The molecule has 0 heterocycles. The highest BCUT2D eigenvalue weighted by Gasteiger charge is 2.15. The Labute approximate surface area is 113 Å². The molecule has 4 nitrogen and oxygen atoms in total. The first-order valence-electron chi connectivity index (χ1n) is 5.95. The fourth-order valence-electron chi connectivity index (χ4n) is 1.55. The van der Waals surface area contributed by atoms with Crippen LogP contribution in [0.4, 0.5) is 0 Å². The van der Waals surface area contributed by atoms with E-state index in [0.29, 0.717) is 23.9 Å². The summed E-state index contributed by atoms with van der Waals surface area (Å²) in [5, 5.41) is 6.41. The highest BCUT2D eigenvalue weighted by atomic mass is 35.5. The molecule has 1 rings (SSSR count). The van der Waals surface area contributed by atoms with E-state index in [1.54, 1.807) is 19.1 Å². The molecule has 1 aromatic rings. The van der Waals surface area contributed by atoms with E-state index in [9.17, 15) is 4.79 Å². The van der Waals surface area contributed by atoms with Gasteiger partial charge in [-0.1, -0.05) is 11.6 Å². The Kier molecular flexibility index (Phi) is 5.95. The summed E-state index contributed by atoms with van der Waals surface area (Å²) in [6.45, 7) is 4.83. The van der Waals surface area contributed by atoms with E-state index in [0.717, 1.165) is 5.56 Å². The molecular weight excluding hydrogens is 252 g/mol. The van der Waals surface area contributed by atoms with Gasteiger partial charge in [0.05, 0.1) is 0 Å². The molecule has 0 aromatic heterocycles. The number of nitrogens with one attached hydrogen (secondary N) is 2. The van der Waals surface area contributed by atoms with Crippen molar-refractivity contribution in [1.82, 2.24) is 10.6 Å². The van der Waals surface area contributed by atoms with E-state index in [-0.39, 0.29) is 5.91 Å². The summed E-state index contributed by atoms with van der Waals surface area (Å²) in [6.07, 6.45) is -0.526. The largest absolute Gasteiger partial charge is 0.481 e. The lowest BCUT2D eigenvalue weighted by Gasteiger charge is -2.17. The third-order valence-corrected chi connectivity index (χ3v) is 2.65. The molecule has 0 aliphatic heterocycles. The standard InChI is InChI=1S/C13H19ClN2O2/c1-4-16-13(17)9(2)18-12-6-5-11(14)7-10(12)8-15-3/h5-7,9,15H,4,8H2,1-3H3,(H,16,17). The maximum atomic E-state index is 11.6. The molecule has 1 amide bonds. The number of likely N-dealkylation sites (N-methyl/N-ethyl adjacent to an activating group) is 1. The Hall–Kier alpha value is -1.26. The van der Waals surface area contributed by atoms with Crippen LogP contribution >= 0.6 is 11.6 Å². The highest BCUT2D eigenvalue weighted by Crippen LogP contribution is 2.23. The maximum absolute atomic E-state index is 11.6. The molecule has 1 atom stereocenters. The first-order chi connectivity index (χ1) is 8.58. The fourth-order valence-corrected chi connectivity index (χ4v) is 1.75. The zero-order valence-corrected chi connectivity index (χ0v) is 11.7. The molecular formula is C13H19ClN2O2. The monoisotopic (exact) mass is 270 g/mol. The second-order valence-electron chi connectivity index (χ2n) is 3.94. The van der Waals surface area contributed by atoms with Crippen molar-refractivity contribution in [3.05, 3.63) is 28.8 Å². The van der Waals surface area contributed by atoms with Gasteiger partial charge in [0.25, 0.3) is 5.91 Å². The second-order valence-corrected chi connectivity index (χ2v) is 4.37. The van der Waals surface area contributed by atoms with E-state index in [4.69, 9.17) is 16.3 Å². The minimum Gasteiger partial charge on any atom is -0.481 e. The van der Waals surface area contributed by atoms with Gasteiger partial charge in [-0.25, -0.2) is 0 Å². The van der Waals surface area contributed by atoms with Crippen LogP contribution < -0.4 is 15.4 Å². The number of amides is 1. The van der Waals surface area contributed by atoms with Gasteiger partial charge in [0.1, 0.15) is 5.75 Å². The van der Waals surface area contributed by atoms with E-state index in [1.165, 1.54) is 0 Å². The summed E-state index contributed by atoms with van der Waals surface area (Å²) in [5.41, 5.74) is 0.932. The van der Waals surface area contributed by atoms with Crippen molar-refractivity contribution in [3.8, 4) is 5.75 Å². The van der Waals surface area contributed by atoms with Gasteiger partial charge in [-0.2, -0.15) is 0 Å². The molecule has 5 heteroatoms. The number of rotatable bonds is 6. The van der Waals surface area contributed by atoms with Gasteiger partial charge in [-0.05, 0) is 39.1 Å². The number of hydrogen-bond acceptors (Lipinski definition) is 3. The zero-order chi connectivity index (χ0) is 13.5. The summed E-state index contributed by atoms with van der Waals surface area (Å²) in [4.78, 5) is 11.6. The number of carbonyl (C=O) groups excluding carboxylic acids is 1. The smallest absolute Gasteiger partial charge is 0.260 e. The summed E-state index contributed by atoms with van der Waals surface area (Å²) in [5.74, 6) is 0.551. The maximum Gasteiger partial charge on any atom is 0.260 e. The van der Waals surface area contributed by atoms with Crippen LogP contribution in [0, 0.1) is 0 Å². The third-order valence-electron chi connectivity index (χ3n) is 2.41. The van der Waals surface area contributed by atoms with Crippen LogP contribution in [0.1, 0.15) is 19.4 Å². The molecule has 0 aliphatic carbocycles. The van der Waals surface area contributed by atoms with Crippen LogP contribution in [0.3, 0.4) is 0 Å². The molecule has 0 aliphatic rings. The Morgan fingerprint density at radius 3 is 2.83 bits per heavy atom. The van der Waals surface area contributed by atoms with Crippen LogP contribution in [0.2, 0.25) is 5.02 Å². The summed E-state index contributed by atoms with van der Waals surface area (Å²) >= 11 is 5.94. The molecule has 1 unspecified atom stereocenters. The van der Waals surface area contributed by atoms with Gasteiger partial charge in [-0.3, -0.25) is 4.79 Å². The van der Waals surface area contributed by atoms with Gasteiger partial charge >= 0.3 is 0 Å². The molecule has 0 radical (unpaired) electrons. The Balaban J connectivity index is 2.79. The fraction of sp³-hybridized carbons (Fsp3) is 0.462. The number of halogens is 1. The quantitative estimate of drug-likeness (QED) is 0.831. The van der Waals surface area contributed by atoms with E-state index in [1.807, 2.05) is 20.0 Å². The van der Waals surface area contributed by atoms with Crippen molar-refractivity contribution < 1.29 is 9.53 Å². The van der Waals surface area contributed by atoms with Crippen LogP contribution in [-0.2, 0) is 11.3 Å². The SMILES string of the molecule is CCNC(=O)C(C)Oc1ccc(Cl)cc1CNC. The molecule has 0 bridgehead atoms. The molecule has 0 saturated carbocycles. The minimum absolute atomic E-state index is 0.122. The number of hydrogen-bond donors (Lipinski definition) is 2. The van der Waals surface area contributed by atoms with Gasteiger partial charge in [0.15, 0.2) is 6.10 Å². The molecule has 18 heavy (non-hydrogen) atoms. The van der Waals surface area contributed by atoms with Crippen LogP contribution in [0.25, 0.3) is 0 Å². The lowest BCUT2D eigenvalue weighted by Crippen LogP contribution is -2.36. The third kappa shape index (κ3) is 4.20. The van der Waals surface area contributed by atoms with Crippen molar-refractivity contribution in [2.75, 3.05) is 13.6 Å². The lowest BCUT2D eigenvalue weighted by molar-refractivity contribution is -0.127. The normalized spacial score (nSPS) is 12.0.